The monoisotopic (exact) mass is 344 g/mol. The predicted octanol–water partition coefficient (Wildman–Crippen LogP) is 3.26. The number of rotatable bonds is 6. The topological polar surface area (TPSA) is 72.2 Å². The SMILES string of the molecule is NS(=O)(=O)c1cccc(NCc2ccc(SC(F)F)cc2)c1. The summed E-state index contributed by atoms with van der Waals surface area (Å²) in [5.74, 6) is -2.44. The second kappa shape index (κ2) is 7.08. The summed E-state index contributed by atoms with van der Waals surface area (Å²) in [4.78, 5) is 0.524. The van der Waals surface area contributed by atoms with Gasteiger partial charge in [0.05, 0.1) is 4.90 Å². The highest BCUT2D eigenvalue weighted by atomic mass is 32.2. The van der Waals surface area contributed by atoms with E-state index in [1.807, 2.05) is 0 Å². The molecule has 0 fully saturated rings. The molecule has 0 aromatic heterocycles. The van der Waals surface area contributed by atoms with E-state index in [-0.39, 0.29) is 4.90 Å². The number of thioether (sulfide) groups is 1. The number of hydrogen-bond donors (Lipinski definition) is 2. The lowest BCUT2D eigenvalue weighted by molar-refractivity contribution is 0.252. The number of primary sulfonamides is 1. The summed E-state index contributed by atoms with van der Waals surface area (Å²) < 4.78 is 47.0. The van der Waals surface area contributed by atoms with Crippen molar-refractivity contribution in [2.24, 2.45) is 5.14 Å². The molecule has 0 saturated carbocycles. The number of sulfonamides is 1. The van der Waals surface area contributed by atoms with Crippen LogP contribution in [-0.4, -0.2) is 14.2 Å². The lowest BCUT2D eigenvalue weighted by atomic mass is 10.2. The first-order chi connectivity index (χ1) is 10.3. The molecule has 0 amide bonds. The number of anilines is 1. The minimum Gasteiger partial charge on any atom is -0.381 e. The second-order valence-corrected chi connectivity index (χ2v) is 7.07. The largest absolute Gasteiger partial charge is 0.381 e. The van der Waals surface area contributed by atoms with Crippen LogP contribution in [0.5, 0.6) is 0 Å². The summed E-state index contributed by atoms with van der Waals surface area (Å²) in [6, 6.07) is 12.9. The summed E-state index contributed by atoms with van der Waals surface area (Å²) in [7, 11) is -3.74. The molecule has 0 saturated heterocycles. The van der Waals surface area contributed by atoms with Crippen LogP contribution in [0.4, 0.5) is 14.5 Å². The molecule has 0 radical (unpaired) electrons. The van der Waals surface area contributed by atoms with Crippen molar-refractivity contribution in [2.45, 2.75) is 22.1 Å². The Morgan fingerprint density at radius 2 is 1.82 bits per heavy atom. The van der Waals surface area contributed by atoms with E-state index in [0.717, 1.165) is 5.56 Å². The Balaban J connectivity index is 2.01. The zero-order valence-corrected chi connectivity index (χ0v) is 13.0. The molecule has 0 heterocycles. The lowest BCUT2D eigenvalue weighted by Crippen LogP contribution is -2.12. The van der Waals surface area contributed by atoms with Gasteiger partial charge >= 0.3 is 0 Å². The molecular weight excluding hydrogens is 330 g/mol. The molecule has 2 rings (SSSR count). The molecule has 0 unspecified atom stereocenters. The molecule has 3 N–H and O–H groups in total. The average Bonchev–Trinajstić information content (AvgIpc) is 2.45. The Kier molecular flexibility index (Phi) is 5.38. The Labute approximate surface area is 131 Å². The van der Waals surface area contributed by atoms with Gasteiger partial charge in [0, 0.05) is 17.1 Å². The number of halogens is 2. The first-order valence-corrected chi connectivity index (χ1v) is 8.68. The zero-order chi connectivity index (χ0) is 16.2. The van der Waals surface area contributed by atoms with Gasteiger partial charge in [-0.2, -0.15) is 8.78 Å². The molecule has 0 aliphatic heterocycles. The van der Waals surface area contributed by atoms with Crippen molar-refractivity contribution < 1.29 is 17.2 Å². The van der Waals surface area contributed by atoms with Crippen LogP contribution in [0, 0.1) is 0 Å². The Bertz CT molecular complexity index is 735. The second-order valence-electron chi connectivity index (χ2n) is 4.45. The van der Waals surface area contributed by atoms with E-state index in [1.54, 1.807) is 36.4 Å². The van der Waals surface area contributed by atoms with Gasteiger partial charge in [-0.25, -0.2) is 13.6 Å². The summed E-state index contributed by atoms with van der Waals surface area (Å²) >= 11 is 0.492. The molecule has 0 bridgehead atoms. The molecular formula is C14H14F2N2O2S2. The van der Waals surface area contributed by atoms with Crippen LogP contribution < -0.4 is 10.5 Å². The third-order valence-corrected chi connectivity index (χ3v) is 4.44. The van der Waals surface area contributed by atoms with Crippen molar-refractivity contribution in [3.8, 4) is 0 Å². The van der Waals surface area contributed by atoms with Crippen LogP contribution >= 0.6 is 11.8 Å². The molecule has 2 aromatic rings. The maximum Gasteiger partial charge on any atom is 0.288 e. The molecule has 22 heavy (non-hydrogen) atoms. The van der Waals surface area contributed by atoms with Crippen molar-refractivity contribution in [2.75, 3.05) is 5.32 Å². The fourth-order valence-corrected chi connectivity index (χ4v) is 2.83. The lowest BCUT2D eigenvalue weighted by Gasteiger charge is -2.08. The number of hydrogen-bond acceptors (Lipinski definition) is 4. The Morgan fingerprint density at radius 3 is 2.41 bits per heavy atom. The Morgan fingerprint density at radius 1 is 1.14 bits per heavy atom. The van der Waals surface area contributed by atoms with Gasteiger partial charge < -0.3 is 5.32 Å². The van der Waals surface area contributed by atoms with Gasteiger partial charge in [-0.05, 0) is 35.9 Å². The van der Waals surface area contributed by atoms with Gasteiger partial charge in [-0.1, -0.05) is 30.0 Å². The van der Waals surface area contributed by atoms with Crippen LogP contribution in [0.3, 0.4) is 0 Å². The summed E-state index contributed by atoms with van der Waals surface area (Å²) in [6.45, 7) is 0.438. The van der Waals surface area contributed by atoms with Crippen LogP contribution in [-0.2, 0) is 16.6 Å². The fourth-order valence-electron chi connectivity index (χ4n) is 1.78. The predicted molar refractivity (Wildman–Crippen MR) is 83.4 cm³/mol. The molecule has 8 heteroatoms. The molecule has 4 nitrogen and oxygen atoms in total. The third-order valence-electron chi connectivity index (χ3n) is 2.81. The summed E-state index contributed by atoms with van der Waals surface area (Å²) in [5, 5.41) is 8.13. The van der Waals surface area contributed by atoms with Crippen LogP contribution in [0.25, 0.3) is 0 Å². The fraction of sp³-hybridized carbons (Fsp3) is 0.143. The van der Waals surface area contributed by atoms with E-state index in [4.69, 9.17) is 5.14 Å². The number of alkyl halides is 2. The molecule has 0 aliphatic rings. The molecule has 0 atom stereocenters. The smallest absolute Gasteiger partial charge is 0.288 e. The van der Waals surface area contributed by atoms with Crippen molar-refractivity contribution in [1.82, 2.24) is 0 Å². The molecule has 118 valence electrons. The highest BCUT2D eigenvalue weighted by Crippen LogP contribution is 2.25. The van der Waals surface area contributed by atoms with Crippen molar-refractivity contribution in [3.63, 3.8) is 0 Å². The first kappa shape index (κ1) is 16.7. The van der Waals surface area contributed by atoms with Gasteiger partial charge in [-0.3, -0.25) is 0 Å². The number of benzene rings is 2. The third kappa shape index (κ3) is 4.97. The quantitative estimate of drug-likeness (QED) is 0.789. The maximum atomic E-state index is 12.2. The van der Waals surface area contributed by atoms with Crippen LogP contribution in [0.15, 0.2) is 58.3 Å². The van der Waals surface area contributed by atoms with E-state index < -0.39 is 15.8 Å². The highest BCUT2D eigenvalue weighted by molar-refractivity contribution is 7.99. The van der Waals surface area contributed by atoms with Gasteiger partial charge in [0.1, 0.15) is 0 Å². The molecule has 2 aromatic carbocycles. The number of nitrogens with one attached hydrogen (secondary N) is 1. The van der Waals surface area contributed by atoms with Crippen LogP contribution in [0.2, 0.25) is 0 Å². The normalized spacial score (nSPS) is 11.6. The molecule has 0 aliphatic carbocycles. The van der Waals surface area contributed by atoms with Gasteiger partial charge in [-0.15, -0.1) is 0 Å². The van der Waals surface area contributed by atoms with E-state index in [0.29, 0.717) is 28.9 Å². The maximum absolute atomic E-state index is 12.2. The minimum atomic E-state index is -3.74. The van der Waals surface area contributed by atoms with E-state index >= 15 is 0 Å². The van der Waals surface area contributed by atoms with Crippen molar-refractivity contribution >= 4 is 27.5 Å². The van der Waals surface area contributed by atoms with Gasteiger partial charge in [0.2, 0.25) is 10.0 Å². The van der Waals surface area contributed by atoms with Crippen LogP contribution in [0.1, 0.15) is 5.56 Å². The van der Waals surface area contributed by atoms with Crippen molar-refractivity contribution in [3.05, 3.63) is 54.1 Å². The van der Waals surface area contributed by atoms with Crippen molar-refractivity contribution in [1.29, 1.82) is 0 Å². The highest BCUT2D eigenvalue weighted by Gasteiger charge is 2.08. The number of nitrogens with two attached hydrogens (primary N) is 1. The van der Waals surface area contributed by atoms with E-state index in [1.165, 1.54) is 12.1 Å². The first-order valence-electron chi connectivity index (χ1n) is 6.25. The van der Waals surface area contributed by atoms with E-state index in [9.17, 15) is 17.2 Å². The van der Waals surface area contributed by atoms with Gasteiger partial charge in [0.25, 0.3) is 5.76 Å². The van der Waals surface area contributed by atoms with Gasteiger partial charge in [0.15, 0.2) is 0 Å². The van der Waals surface area contributed by atoms with E-state index in [2.05, 4.69) is 5.32 Å². The minimum absolute atomic E-state index is 0.0289. The zero-order valence-electron chi connectivity index (χ0n) is 11.4. The average molecular weight is 344 g/mol. The molecule has 0 spiro atoms. The summed E-state index contributed by atoms with van der Waals surface area (Å²) in [5.41, 5.74) is 1.50. The standard InChI is InChI=1S/C14H14F2N2O2S2/c15-14(16)21-12-6-4-10(5-7-12)9-18-11-2-1-3-13(8-11)22(17,19)20/h1-8,14,18H,9H2,(H2,17,19,20). The Hall–Kier alpha value is -1.64. The summed E-state index contributed by atoms with van der Waals surface area (Å²) in [6.07, 6.45) is 0.